The number of hydrogen-bond acceptors (Lipinski definition) is 8. The summed E-state index contributed by atoms with van der Waals surface area (Å²) in [6, 6.07) is 12.6. The molecule has 4 aliphatic rings. The highest BCUT2D eigenvalue weighted by molar-refractivity contribution is 6.40. The predicted molar refractivity (Wildman–Crippen MR) is 142 cm³/mol. The molecule has 0 aromatic heterocycles. The number of halogens is 1. The molecule has 2 bridgehead atoms. The molecular weight excluding hydrogens is 524 g/mol. The Morgan fingerprint density at radius 3 is 2.51 bits per heavy atom. The van der Waals surface area contributed by atoms with Gasteiger partial charge >= 0.3 is 0 Å². The number of hydrogen-bond donors (Lipinski definition) is 1. The first kappa shape index (κ1) is 25.4. The molecule has 3 amide bonds. The van der Waals surface area contributed by atoms with Gasteiger partial charge in [-0.3, -0.25) is 19.3 Å². The van der Waals surface area contributed by atoms with E-state index in [1.54, 1.807) is 44.6 Å². The monoisotopic (exact) mass is 550 g/mol. The van der Waals surface area contributed by atoms with Crippen LogP contribution in [0.5, 0.6) is 11.5 Å². The number of carbonyl (C=O) groups excluding carboxylic acids is 3. The van der Waals surface area contributed by atoms with Crippen LogP contribution in [0.25, 0.3) is 0 Å². The summed E-state index contributed by atoms with van der Waals surface area (Å²) in [5, 5.41) is 8.69. The van der Waals surface area contributed by atoms with Crippen LogP contribution < -0.4 is 14.9 Å². The van der Waals surface area contributed by atoms with Crippen molar-refractivity contribution in [3.8, 4) is 11.5 Å². The van der Waals surface area contributed by atoms with Gasteiger partial charge in [-0.2, -0.15) is 5.10 Å². The number of rotatable bonds is 8. The Labute approximate surface area is 229 Å². The van der Waals surface area contributed by atoms with E-state index in [1.807, 2.05) is 12.1 Å². The number of methoxy groups -OCH3 is 2. The minimum absolute atomic E-state index is 0.154. The van der Waals surface area contributed by atoms with Gasteiger partial charge in [0.1, 0.15) is 6.10 Å². The molecule has 2 aliphatic carbocycles. The van der Waals surface area contributed by atoms with E-state index in [4.69, 9.17) is 25.9 Å². The van der Waals surface area contributed by atoms with E-state index in [-0.39, 0.29) is 47.9 Å². The zero-order chi connectivity index (χ0) is 27.3. The summed E-state index contributed by atoms with van der Waals surface area (Å²) < 4.78 is 10.7. The first-order chi connectivity index (χ1) is 18.9. The average molecular weight is 551 g/mol. The number of nitrogens with zero attached hydrogens (tertiary/aromatic N) is 3. The Morgan fingerprint density at radius 1 is 1.08 bits per heavy atom. The maximum absolute atomic E-state index is 13.5. The first-order valence-electron chi connectivity index (χ1n) is 12.8. The van der Waals surface area contributed by atoms with Crippen LogP contribution in [0, 0.1) is 29.6 Å². The third kappa shape index (κ3) is 4.23. The number of fused-ring (bicyclic) bond motifs is 8. The second kappa shape index (κ2) is 10.00. The van der Waals surface area contributed by atoms with Crippen molar-refractivity contribution in [2.75, 3.05) is 20.8 Å². The van der Waals surface area contributed by atoms with Crippen molar-refractivity contribution in [3.05, 3.63) is 58.6 Å². The van der Waals surface area contributed by atoms with E-state index >= 15 is 0 Å². The number of ether oxygens (including phenoxy) is 2. The standard InChI is InChI=1S/C28H27ClN4O6/c1-37-19-8-5-14(11-20(19)38-2)9-10-33-27(35)21-17-12-18(22(21)28(33)36)25-23(17)24(32-39-25)26(34)31-30-13-15-3-6-16(29)7-4-15/h3-8,11,13,17-18,21-23,25H,9-10,12H2,1-2H3,(H,31,34)/b30-13+/t17-,18-,21-,22-,23-,25+/m0/s1. The Morgan fingerprint density at radius 2 is 1.79 bits per heavy atom. The molecule has 0 spiro atoms. The maximum atomic E-state index is 13.5. The predicted octanol–water partition coefficient (Wildman–Crippen LogP) is 2.67. The highest BCUT2D eigenvalue weighted by Gasteiger charge is 2.70. The number of benzene rings is 2. The lowest BCUT2D eigenvalue weighted by Gasteiger charge is -2.29. The smallest absolute Gasteiger partial charge is 0.289 e. The molecule has 2 aromatic carbocycles. The largest absolute Gasteiger partial charge is 0.493 e. The van der Waals surface area contributed by atoms with Crippen molar-refractivity contribution in [1.82, 2.24) is 10.3 Å². The fraction of sp³-hybridized carbons (Fsp3) is 0.393. The zero-order valence-corrected chi connectivity index (χ0v) is 22.1. The Balaban J connectivity index is 1.12. The van der Waals surface area contributed by atoms with Crippen molar-refractivity contribution >= 4 is 41.2 Å². The molecule has 2 saturated carbocycles. The molecule has 1 saturated heterocycles. The van der Waals surface area contributed by atoms with Gasteiger partial charge in [0.25, 0.3) is 5.91 Å². The molecule has 11 heteroatoms. The van der Waals surface area contributed by atoms with Crippen LogP contribution in [0.2, 0.25) is 5.02 Å². The zero-order valence-electron chi connectivity index (χ0n) is 21.4. The van der Waals surface area contributed by atoms with Gasteiger partial charge in [0.05, 0.1) is 38.2 Å². The average Bonchev–Trinajstić information content (AvgIpc) is 3.69. The molecule has 10 nitrogen and oxygen atoms in total. The SMILES string of the molecule is COc1ccc(CCN2C(=O)[C@H]3[C@@H]4C[C@H]([C@H]5C(C(=O)N/N=C/c6ccc(Cl)cc6)=NO[C@H]45)[C@@H]3C2=O)cc1OC. The fourth-order valence-corrected chi connectivity index (χ4v) is 6.77. The van der Waals surface area contributed by atoms with E-state index in [1.165, 1.54) is 11.1 Å². The molecule has 0 radical (unpaired) electrons. The summed E-state index contributed by atoms with van der Waals surface area (Å²) >= 11 is 5.90. The van der Waals surface area contributed by atoms with Crippen LogP contribution in [0.15, 0.2) is 52.7 Å². The molecule has 2 aliphatic heterocycles. The summed E-state index contributed by atoms with van der Waals surface area (Å²) in [7, 11) is 3.13. The van der Waals surface area contributed by atoms with Crippen molar-refractivity contribution in [2.45, 2.75) is 18.9 Å². The number of hydrazone groups is 1. The molecule has 1 N–H and O–H groups in total. The quantitative estimate of drug-likeness (QED) is 0.307. The molecule has 2 aromatic rings. The summed E-state index contributed by atoms with van der Waals surface area (Å²) in [5.74, 6) is -1.18. The molecule has 0 unspecified atom stereocenters. The number of oxime groups is 1. The molecule has 3 fully saturated rings. The lowest BCUT2D eigenvalue weighted by Crippen LogP contribution is -2.44. The molecule has 202 valence electrons. The van der Waals surface area contributed by atoms with Crippen LogP contribution in [0.1, 0.15) is 17.5 Å². The molecular formula is C28H27ClN4O6. The van der Waals surface area contributed by atoms with Gasteiger partial charge < -0.3 is 14.3 Å². The number of nitrogens with one attached hydrogen (secondary N) is 1. The first-order valence-corrected chi connectivity index (χ1v) is 13.2. The third-order valence-corrected chi connectivity index (χ3v) is 8.59. The van der Waals surface area contributed by atoms with Crippen molar-refractivity contribution in [1.29, 1.82) is 0 Å². The Kier molecular flexibility index (Phi) is 6.50. The number of carbonyl (C=O) groups is 3. The highest BCUT2D eigenvalue weighted by Crippen LogP contribution is 2.61. The van der Waals surface area contributed by atoms with E-state index < -0.39 is 17.7 Å². The topological polar surface area (TPSA) is 119 Å². The van der Waals surface area contributed by atoms with Crippen molar-refractivity contribution < 1.29 is 28.7 Å². The van der Waals surface area contributed by atoms with Gasteiger partial charge in [-0.25, -0.2) is 5.43 Å². The Hall–Kier alpha value is -3.92. The molecule has 6 rings (SSSR count). The lowest BCUT2D eigenvalue weighted by atomic mass is 9.72. The van der Waals surface area contributed by atoms with Crippen LogP contribution in [-0.2, 0) is 25.6 Å². The fourth-order valence-electron chi connectivity index (χ4n) is 6.64. The van der Waals surface area contributed by atoms with Gasteiger partial charge in [0.15, 0.2) is 17.2 Å². The second-order valence-corrected chi connectivity index (χ2v) is 10.6. The van der Waals surface area contributed by atoms with Crippen LogP contribution in [0.3, 0.4) is 0 Å². The number of imide groups is 1. The molecule has 39 heavy (non-hydrogen) atoms. The highest BCUT2D eigenvalue weighted by atomic mass is 35.5. The Bertz CT molecular complexity index is 1390. The van der Waals surface area contributed by atoms with Crippen LogP contribution in [0.4, 0.5) is 0 Å². The van der Waals surface area contributed by atoms with E-state index in [0.29, 0.717) is 29.4 Å². The van der Waals surface area contributed by atoms with Gasteiger partial charge in [-0.15, -0.1) is 0 Å². The minimum Gasteiger partial charge on any atom is -0.493 e. The summed E-state index contributed by atoms with van der Waals surface area (Å²) in [6.07, 6.45) is 2.27. The summed E-state index contributed by atoms with van der Waals surface area (Å²) in [5.41, 5.74) is 4.44. The van der Waals surface area contributed by atoms with Gasteiger partial charge in [0.2, 0.25) is 11.8 Å². The molecule has 6 atom stereocenters. The van der Waals surface area contributed by atoms with Crippen LogP contribution >= 0.6 is 11.6 Å². The summed E-state index contributed by atoms with van der Waals surface area (Å²) in [6.45, 7) is 0.274. The van der Waals surface area contributed by atoms with Crippen molar-refractivity contribution in [2.24, 2.45) is 39.8 Å². The second-order valence-electron chi connectivity index (χ2n) is 10.2. The van der Waals surface area contributed by atoms with Gasteiger partial charge in [-0.05, 0) is 54.2 Å². The van der Waals surface area contributed by atoms with Gasteiger partial charge in [-0.1, -0.05) is 35.0 Å². The number of amides is 3. The normalized spacial score (nSPS) is 28.4. The van der Waals surface area contributed by atoms with Crippen LogP contribution in [-0.4, -0.2) is 61.4 Å². The minimum atomic E-state index is -0.473. The molecule has 2 heterocycles. The maximum Gasteiger partial charge on any atom is 0.289 e. The number of likely N-dealkylation sites (tertiary alicyclic amines) is 1. The third-order valence-electron chi connectivity index (χ3n) is 8.34. The van der Waals surface area contributed by atoms with Gasteiger partial charge in [0, 0.05) is 17.5 Å². The summed E-state index contributed by atoms with van der Waals surface area (Å²) in [4.78, 5) is 46.9. The van der Waals surface area contributed by atoms with E-state index in [2.05, 4.69) is 15.7 Å². The van der Waals surface area contributed by atoms with E-state index in [0.717, 1.165) is 11.1 Å². The lowest BCUT2D eigenvalue weighted by molar-refractivity contribution is -0.141. The van der Waals surface area contributed by atoms with E-state index in [9.17, 15) is 14.4 Å². The van der Waals surface area contributed by atoms with Crippen molar-refractivity contribution in [3.63, 3.8) is 0 Å².